The molecule has 0 unspecified atom stereocenters. The van der Waals surface area contributed by atoms with E-state index in [-0.39, 0.29) is 5.76 Å². The fourth-order valence-electron chi connectivity index (χ4n) is 2.79. The van der Waals surface area contributed by atoms with Gasteiger partial charge in [-0.1, -0.05) is 35.3 Å². The first-order chi connectivity index (χ1) is 14.6. The maximum Gasteiger partial charge on any atom is 0.418 e. The van der Waals surface area contributed by atoms with Gasteiger partial charge in [0.15, 0.2) is 5.76 Å². The molecule has 0 aliphatic heterocycles. The summed E-state index contributed by atoms with van der Waals surface area (Å²) in [6.07, 6.45) is -4.63. The molecule has 2 aromatic carbocycles. The predicted octanol–water partition coefficient (Wildman–Crippen LogP) is 5.98. The smallest absolute Gasteiger partial charge is 0.418 e. The maximum atomic E-state index is 13.1. The zero-order valence-corrected chi connectivity index (χ0v) is 17.5. The van der Waals surface area contributed by atoms with E-state index in [1.165, 1.54) is 31.3 Å². The van der Waals surface area contributed by atoms with E-state index in [1.807, 2.05) is 0 Å². The van der Waals surface area contributed by atoms with Crippen molar-refractivity contribution in [2.24, 2.45) is 0 Å². The molecule has 0 atom stereocenters. The number of nitrogens with zero attached hydrogens (tertiary/aromatic N) is 1. The molecule has 31 heavy (non-hydrogen) atoms. The third-order valence-corrected chi connectivity index (χ3v) is 4.81. The number of alkyl halides is 3. The van der Waals surface area contributed by atoms with Gasteiger partial charge in [-0.3, -0.25) is 9.59 Å². The number of hydrogen-bond acceptors (Lipinski definition) is 3. The molecule has 0 spiro atoms. The highest BCUT2D eigenvalue weighted by atomic mass is 35.5. The van der Waals surface area contributed by atoms with E-state index in [1.54, 1.807) is 18.2 Å². The van der Waals surface area contributed by atoms with Crippen LogP contribution in [0.3, 0.4) is 0 Å². The van der Waals surface area contributed by atoms with Crippen LogP contribution in [0.2, 0.25) is 10.0 Å². The van der Waals surface area contributed by atoms with E-state index in [4.69, 9.17) is 27.6 Å². The van der Waals surface area contributed by atoms with Gasteiger partial charge in [0.25, 0.3) is 5.91 Å². The Morgan fingerprint density at radius 1 is 1.06 bits per heavy atom. The van der Waals surface area contributed by atoms with Crippen LogP contribution in [0.5, 0.6) is 0 Å². The van der Waals surface area contributed by atoms with Crippen molar-refractivity contribution < 1.29 is 27.2 Å². The van der Waals surface area contributed by atoms with Gasteiger partial charge in [0.05, 0.1) is 22.8 Å². The summed E-state index contributed by atoms with van der Waals surface area (Å²) in [5.74, 6) is -1.20. The second-order valence-corrected chi connectivity index (χ2v) is 7.38. The molecule has 0 radical (unpaired) electrons. The van der Waals surface area contributed by atoms with Crippen LogP contribution in [0.1, 0.15) is 16.1 Å². The summed E-state index contributed by atoms with van der Waals surface area (Å²) in [5, 5.41) is 2.98. The minimum absolute atomic E-state index is 0.0722. The summed E-state index contributed by atoms with van der Waals surface area (Å²) in [4.78, 5) is 25.8. The standard InChI is InChI=1S/C21H15Cl2F3N2O3/c1-28(11-19(29)27-16-5-3-2-4-14(16)21(24,25)26)20(30)18-9-8-17(31-18)13-10-12(22)6-7-15(13)23/h2-10H,11H2,1H3,(H,27,29). The molecule has 3 aromatic rings. The van der Waals surface area contributed by atoms with Crippen LogP contribution in [-0.2, 0) is 11.0 Å². The molecule has 1 heterocycles. The van der Waals surface area contributed by atoms with Gasteiger partial charge in [0.2, 0.25) is 5.91 Å². The first-order valence-electron chi connectivity index (χ1n) is 8.83. The van der Waals surface area contributed by atoms with Crippen LogP contribution in [-0.4, -0.2) is 30.3 Å². The second kappa shape index (κ2) is 9.03. The van der Waals surface area contributed by atoms with E-state index in [0.29, 0.717) is 21.4 Å². The van der Waals surface area contributed by atoms with Crippen molar-refractivity contribution in [3.8, 4) is 11.3 Å². The van der Waals surface area contributed by atoms with Crippen LogP contribution in [0.4, 0.5) is 18.9 Å². The topological polar surface area (TPSA) is 62.6 Å². The van der Waals surface area contributed by atoms with Crippen LogP contribution in [0.15, 0.2) is 59.0 Å². The molecule has 0 fully saturated rings. The molecule has 10 heteroatoms. The van der Waals surface area contributed by atoms with Crippen LogP contribution in [0.25, 0.3) is 11.3 Å². The van der Waals surface area contributed by atoms with Crippen molar-refractivity contribution in [1.29, 1.82) is 0 Å². The lowest BCUT2D eigenvalue weighted by molar-refractivity contribution is -0.137. The predicted molar refractivity (Wildman–Crippen MR) is 111 cm³/mol. The molecule has 0 bridgehead atoms. The van der Waals surface area contributed by atoms with Gasteiger partial charge in [-0.2, -0.15) is 13.2 Å². The number of hydrogen-bond donors (Lipinski definition) is 1. The number of anilines is 1. The number of halogens is 5. The summed E-state index contributed by atoms with van der Waals surface area (Å²) in [5.41, 5.74) is -0.888. The van der Waals surface area contributed by atoms with Gasteiger partial charge in [-0.15, -0.1) is 0 Å². The second-order valence-electron chi connectivity index (χ2n) is 6.54. The van der Waals surface area contributed by atoms with Crippen molar-refractivity contribution in [2.75, 3.05) is 18.9 Å². The Morgan fingerprint density at radius 3 is 2.48 bits per heavy atom. The highest BCUT2D eigenvalue weighted by Crippen LogP contribution is 2.35. The van der Waals surface area contributed by atoms with Crippen molar-refractivity contribution >= 4 is 40.7 Å². The highest BCUT2D eigenvalue weighted by molar-refractivity contribution is 6.35. The van der Waals surface area contributed by atoms with E-state index < -0.39 is 35.8 Å². The van der Waals surface area contributed by atoms with Crippen LogP contribution >= 0.6 is 23.2 Å². The fourth-order valence-corrected chi connectivity index (χ4v) is 3.17. The lowest BCUT2D eigenvalue weighted by Crippen LogP contribution is -2.35. The zero-order chi connectivity index (χ0) is 22.8. The Kier molecular flexibility index (Phi) is 6.62. The molecule has 2 amide bonds. The van der Waals surface area contributed by atoms with Gasteiger partial charge in [-0.25, -0.2) is 0 Å². The molecule has 5 nitrogen and oxygen atoms in total. The van der Waals surface area contributed by atoms with E-state index in [0.717, 1.165) is 17.0 Å². The highest BCUT2D eigenvalue weighted by Gasteiger charge is 2.33. The number of para-hydroxylation sites is 1. The van der Waals surface area contributed by atoms with Crippen molar-refractivity contribution in [1.82, 2.24) is 4.90 Å². The minimum Gasteiger partial charge on any atom is -0.451 e. The van der Waals surface area contributed by atoms with Gasteiger partial charge in [0.1, 0.15) is 5.76 Å². The molecule has 162 valence electrons. The van der Waals surface area contributed by atoms with Crippen LogP contribution < -0.4 is 5.32 Å². The van der Waals surface area contributed by atoms with Crippen molar-refractivity contribution in [3.63, 3.8) is 0 Å². The largest absolute Gasteiger partial charge is 0.451 e. The number of carbonyl (C=O) groups excluding carboxylic acids is 2. The Hall–Kier alpha value is -2.97. The maximum absolute atomic E-state index is 13.1. The molecular weight excluding hydrogens is 456 g/mol. The normalized spacial score (nSPS) is 11.3. The third-order valence-electron chi connectivity index (χ3n) is 4.24. The van der Waals surface area contributed by atoms with Crippen molar-refractivity contribution in [2.45, 2.75) is 6.18 Å². The average Bonchev–Trinajstić information content (AvgIpc) is 3.18. The first-order valence-corrected chi connectivity index (χ1v) is 9.58. The molecule has 1 aromatic heterocycles. The SMILES string of the molecule is CN(CC(=O)Nc1ccccc1C(F)(F)F)C(=O)c1ccc(-c2cc(Cl)ccc2Cl)o1. The van der Waals surface area contributed by atoms with Crippen LogP contribution in [0, 0.1) is 0 Å². The number of furan rings is 1. The monoisotopic (exact) mass is 470 g/mol. The molecule has 3 rings (SSSR count). The lowest BCUT2D eigenvalue weighted by atomic mass is 10.1. The van der Waals surface area contributed by atoms with Gasteiger partial charge < -0.3 is 14.6 Å². The third kappa shape index (κ3) is 5.39. The summed E-state index contributed by atoms with van der Waals surface area (Å²) >= 11 is 12.1. The number of nitrogens with one attached hydrogen (secondary N) is 1. The summed E-state index contributed by atoms with van der Waals surface area (Å²) in [6.45, 7) is -0.487. The molecule has 0 saturated carbocycles. The minimum atomic E-state index is -4.63. The zero-order valence-electron chi connectivity index (χ0n) is 16.0. The summed E-state index contributed by atoms with van der Waals surface area (Å²) in [6, 6.07) is 12.3. The van der Waals surface area contributed by atoms with E-state index in [2.05, 4.69) is 5.32 Å². The first kappa shape index (κ1) is 22.7. The Bertz CT molecular complexity index is 1130. The van der Waals surface area contributed by atoms with E-state index in [9.17, 15) is 22.8 Å². The van der Waals surface area contributed by atoms with Crippen molar-refractivity contribution in [3.05, 3.63) is 76.0 Å². The molecule has 1 N–H and O–H groups in total. The molecule has 0 saturated heterocycles. The number of benzene rings is 2. The number of likely N-dealkylation sites (N-methyl/N-ethyl adjacent to an activating group) is 1. The molecular formula is C21H15Cl2F3N2O3. The van der Waals surface area contributed by atoms with Gasteiger partial charge in [-0.05, 0) is 42.5 Å². The lowest BCUT2D eigenvalue weighted by Gasteiger charge is -2.17. The average molecular weight is 471 g/mol. The van der Waals surface area contributed by atoms with Gasteiger partial charge in [0, 0.05) is 17.6 Å². The van der Waals surface area contributed by atoms with E-state index >= 15 is 0 Å². The Balaban J connectivity index is 1.70. The summed E-state index contributed by atoms with van der Waals surface area (Å²) in [7, 11) is 1.33. The molecule has 0 aliphatic rings. The number of rotatable bonds is 5. The number of amides is 2. The summed E-state index contributed by atoms with van der Waals surface area (Å²) < 4.78 is 44.7. The quantitative estimate of drug-likeness (QED) is 0.498. The van der Waals surface area contributed by atoms with Gasteiger partial charge >= 0.3 is 6.18 Å². The Morgan fingerprint density at radius 2 is 1.77 bits per heavy atom. The number of carbonyl (C=O) groups is 2. The fraction of sp³-hybridized carbons (Fsp3) is 0.143. The molecule has 0 aliphatic carbocycles. The Labute approximate surface area is 185 Å².